The standard InChI is InChI=1S/C28H28FNO4/c1-28(17-21-7-10-24(29)11-8-21)18-23-15-22(9-12-25(23)34-28)16-26(31)30(19-27(32)33)14-13-20-5-3-2-4-6-20/h2-12,15H,13-14,16-19H2,1H3,(H,32,33). The summed E-state index contributed by atoms with van der Waals surface area (Å²) in [5, 5.41) is 9.29. The van der Waals surface area contributed by atoms with Gasteiger partial charge in [-0.1, -0.05) is 54.6 Å². The number of rotatable bonds is 9. The van der Waals surface area contributed by atoms with Gasteiger partial charge in [0.15, 0.2) is 0 Å². The topological polar surface area (TPSA) is 66.8 Å². The molecule has 0 bridgehead atoms. The molecule has 0 aliphatic carbocycles. The minimum atomic E-state index is -1.03. The van der Waals surface area contributed by atoms with Crippen molar-refractivity contribution in [2.45, 2.75) is 38.2 Å². The van der Waals surface area contributed by atoms with Crippen LogP contribution in [0.1, 0.15) is 29.2 Å². The minimum Gasteiger partial charge on any atom is -0.487 e. The molecule has 4 rings (SSSR count). The number of carbonyl (C=O) groups is 2. The molecule has 0 aromatic heterocycles. The molecule has 0 radical (unpaired) electrons. The molecular weight excluding hydrogens is 433 g/mol. The smallest absolute Gasteiger partial charge is 0.323 e. The van der Waals surface area contributed by atoms with E-state index in [1.807, 2.05) is 55.5 Å². The van der Waals surface area contributed by atoms with E-state index in [9.17, 15) is 19.1 Å². The van der Waals surface area contributed by atoms with Gasteiger partial charge in [0.2, 0.25) is 5.91 Å². The average Bonchev–Trinajstić information content (AvgIpc) is 3.13. The molecule has 176 valence electrons. The Kier molecular flexibility index (Phi) is 6.96. The van der Waals surface area contributed by atoms with Crippen LogP contribution in [0, 0.1) is 5.82 Å². The quantitative estimate of drug-likeness (QED) is 0.511. The van der Waals surface area contributed by atoms with Crippen molar-refractivity contribution >= 4 is 11.9 Å². The summed E-state index contributed by atoms with van der Waals surface area (Å²) in [4.78, 5) is 25.7. The van der Waals surface area contributed by atoms with E-state index < -0.39 is 11.6 Å². The molecule has 0 saturated carbocycles. The van der Waals surface area contributed by atoms with Crippen LogP contribution in [-0.4, -0.2) is 40.6 Å². The van der Waals surface area contributed by atoms with Gasteiger partial charge in [0.05, 0.1) is 6.42 Å². The third kappa shape index (κ3) is 6.01. The molecule has 1 aliphatic heterocycles. The summed E-state index contributed by atoms with van der Waals surface area (Å²) in [6.45, 7) is 2.05. The van der Waals surface area contributed by atoms with E-state index in [2.05, 4.69) is 0 Å². The maximum Gasteiger partial charge on any atom is 0.323 e. The van der Waals surface area contributed by atoms with E-state index in [4.69, 9.17) is 4.74 Å². The van der Waals surface area contributed by atoms with Gasteiger partial charge in [0, 0.05) is 19.4 Å². The number of hydrogen-bond donors (Lipinski definition) is 1. The lowest BCUT2D eigenvalue weighted by molar-refractivity contribution is -0.144. The number of carbonyl (C=O) groups excluding carboxylic acids is 1. The Balaban J connectivity index is 1.41. The largest absolute Gasteiger partial charge is 0.487 e. The Morgan fingerprint density at radius 2 is 1.71 bits per heavy atom. The third-order valence-corrected chi connectivity index (χ3v) is 6.08. The highest BCUT2D eigenvalue weighted by atomic mass is 19.1. The molecule has 1 N–H and O–H groups in total. The van der Waals surface area contributed by atoms with Crippen molar-refractivity contribution in [1.82, 2.24) is 4.90 Å². The highest BCUT2D eigenvalue weighted by Crippen LogP contribution is 2.37. The highest BCUT2D eigenvalue weighted by Gasteiger charge is 2.35. The number of fused-ring (bicyclic) bond motifs is 1. The molecule has 3 aromatic carbocycles. The zero-order valence-corrected chi connectivity index (χ0v) is 19.2. The minimum absolute atomic E-state index is 0.129. The molecule has 5 nitrogen and oxygen atoms in total. The van der Waals surface area contributed by atoms with Crippen molar-refractivity contribution in [3.63, 3.8) is 0 Å². The normalized spacial score (nSPS) is 16.5. The second-order valence-electron chi connectivity index (χ2n) is 9.10. The van der Waals surface area contributed by atoms with E-state index in [1.165, 1.54) is 17.0 Å². The monoisotopic (exact) mass is 461 g/mol. The fourth-order valence-electron chi connectivity index (χ4n) is 4.47. The van der Waals surface area contributed by atoms with Gasteiger partial charge in [-0.05, 0) is 53.8 Å². The van der Waals surface area contributed by atoms with E-state index in [0.717, 1.165) is 28.0 Å². The second kappa shape index (κ2) is 10.1. The van der Waals surface area contributed by atoms with Gasteiger partial charge >= 0.3 is 5.97 Å². The lowest BCUT2D eigenvalue weighted by Gasteiger charge is -2.24. The van der Waals surface area contributed by atoms with Gasteiger partial charge in [0.25, 0.3) is 0 Å². The maximum atomic E-state index is 13.2. The van der Waals surface area contributed by atoms with E-state index in [0.29, 0.717) is 25.8 Å². The van der Waals surface area contributed by atoms with Gasteiger partial charge < -0.3 is 14.7 Å². The van der Waals surface area contributed by atoms with Crippen LogP contribution >= 0.6 is 0 Å². The van der Waals surface area contributed by atoms with Crippen LogP contribution in [0.3, 0.4) is 0 Å². The Hall–Kier alpha value is -3.67. The third-order valence-electron chi connectivity index (χ3n) is 6.08. The van der Waals surface area contributed by atoms with Crippen molar-refractivity contribution in [1.29, 1.82) is 0 Å². The summed E-state index contributed by atoms with van der Waals surface area (Å²) in [6, 6.07) is 21.8. The Morgan fingerprint density at radius 3 is 2.41 bits per heavy atom. The van der Waals surface area contributed by atoms with Gasteiger partial charge in [-0.15, -0.1) is 0 Å². The highest BCUT2D eigenvalue weighted by molar-refractivity contribution is 5.83. The van der Waals surface area contributed by atoms with Crippen LogP contribution in [0.15, 0.2) is 72.8 Å². The van der Waals surface area contributed by atoms with Crippen molar-refractivity contribution < 1.29 is 23.8 Å². The number of halogens is 1. The van der Waals surface area contributed by atoms with Crippen LogP contribution in [0.5, 0.6) is 5.75 Å². The van der Waals surface area contributed by atoms with Crippen molar-refractivity contribution in [3.05, 3.63) is 101 Å². The lowest BCUT2D eigenvalue weighted by atomic mass is 9.91. The number of carboxylic acids is 1. The first kappa shape index (κ1) is 23.5. The summed E-state index contributed by atoms with van der Waals surface area (Å²) < 4.78 is 19.4. The van der Waals surface area contributed by atoms with Crippen molar-refractivity contribution in [3.8, 4) is 5.75 Å². The first-order valence-electron chi connectivity index (χ1n) is 11.4. The molecule has 34 heavy (non-hydrogen) atoms. The van der Waals surface area contributed by atoms with E-state index in [1.54, 1.807) is 12.1 Å². The predicted octanol–water partition coefficient (Wildman–Crippen LogP) is 4.46. The van der Waals surface area contributed by atoms with Gasteiger partial charge in [-0.25, -0.2) is 4.39 Å². The average molecular weight is 462 g/mol. The Bertz CT molecular complexity index is 1160. The first-order chi connectivity index (χ1) is 16.3. The molecule has 1 unspecified atom stereocenters. The number of amides is 1. The fourth-order valence-corrected chi connectivity index (χ4v) is 4.47. The van der Waals surface area contributed by atoms with E-state index >= 15 is 0 Å². The van der Waals surface area contributed by atoms with Crippen molar-refractivity contribution in [2.24, 2.45) is 0 Å². The zero-order chi connectivity index (χ0) is 24.1. The maximum absolute atomic E-state index is 13.2. The molecule has 0 saturated heterocycles. The number of carboxylic acid groups (broad SMARTS) is 1. The molecule has 0 fully saturated rings. The number of nitrogens with zero attached hydrogens (tertiary/aromatic N) is 1. The van der Waals surface area contributed by atoms with Crippen molar-refractivity contribution in [2.75, 3.05) is 13.1 Å². The summed E-state index contributed by atoms with van der Waals surface area (Å²) >= 11 is 0. The van der Waals surface area contributed by atoms with Crippen LogP contribution in [0.2, 0.25) is 0 Å². The second-order valence-corrected chi connectivity index (χ2v) is 9.10. The molecule has 1 atom stereocenters. The summed E-state index contributed by atoms with van der Waals surface area (Å²) in [5.41, 5.74) is 3.45. The summed E-state index contributed by atoms with van der Waals surface area (Å²) in [7, 11) is 0. The van der Waals surface area contributed by atoms with Gasteiger partial charge in [0.1, 0.15) is 23.7 Å². The van der Waals surface area contributed by atoms with Crippen LogP contribution in [0.25, 0.3) is 0 Å². The molecule has 6 heteroatoms. The number of hydrogen-bond acceptors (Lipinski definition) is 3. The molecule has 1 heterocycles. The fraction of sp³-hybridized carbons (Fsp3) is 0.286. The zero-order valence-electron chi connectivity index (χ0n) is 19.2. The number of aliphatic carboxylic acids is 1. The molecule has 3 aromatic rings. The van der Waals surface area contributed by atoms with Crippen LogP contribution in [-0.2, 0) is 35.3 Å². The Morgan fingerprint density at radius 1 is 1.00 bits per heavy atom. The van der Waals surface area contributed by atoms with Gasteiger partial charge in [-0.2, -0.15) is 0 Å². The number of ether oxygens (including phenoxy) is 1. The first-order valence-corrected chi connectivity index (χ1v) is 11.4. The summed E-state index contributed by atoms with van der Waals surface area (Å²) in [5.74, 6) is -0.724. The molecule has 0 spiro atoms. The Labute approximate surface area is 198 Å². The number of benzene rings is 3. The molecule has 1 aliphatic rings. The van der Waals surface area contributed by atoms with Crippen LogP contribution in [0.4, 0.5) is 4.39 Å². The van der Waals surface area contributed by atoms with Gasteiger partial charge in [-0.3, -0.25) is 9.59 Å². The molecular formula is C28H28FNO4. The van der Waals surface area contributed by atoms with Crippen LogP contribution < -0.4 is 4.74 Å². The lowest BCUT2D eigenvalue weighted by Crippen LogP contribution is -2.38. The predicted molar refractivity (Wildman–Crippen MR) is 127 cm³/mol. The molecule has 1 amide bonds. The van der Waals surface area contributed by atoms with E-state index in [-0.39, 0.29) is 24.7 Å². The summed E-state index contributed by atoms with van der Waals surface area (Å²) in [6.07, 6.45) is 2.04. The SMILES string of the molecule is CC1(Cc2ccc(F)cc2)Cc2cc(CC(=O)N(CCc3ccccc3)CC(=O)O)ccc2O1.